The second kappa shape index (κ2) is 3.73. The number of nitrogens with zero attached hydrogens (tertiary/aromatic N) is 3. The maximum absolute atomic E-state index is 5.93. The highest BCUT2D eigenvalue weighted by Crippen LogP contribution is 2.15. The molecule has 4 heteroatoms. The maximum atomic E-state index is 5.93. The molecule has 0 aliphatic carbocycles. The molecule has 0 unspecified atom stereocenters. The highest BCUT2D eigenvalue weighted by molar-refractivity contribution is 5.45. The summed E-state index contributed by atoms with van der Waals surface area (Å²) in [6.07, 6.45) is 0.803. The SMILES string of the molecule is CCc1nnn(-c2cccc(C)c2)c1N. The summed E-state index contributed by atoms with van der Waals surface area (Å²) >= 11 is 0. The molecule has 0 atom stereocenters. The summed E-state index contributed by atoms with van der Waals surface area (Å²) in [7, 11) is 0. The minimum Gasteiger partial charge on any atom is -0.382 e. The molecule has 1 heterocycles. The summed E-state index contributed by atoms with van der Waals surface area (Å²) in [5, 5.41) is 8.07. The summed E-state index contributed by atoms with van der Waals surface area (Å²) in [5.74, 6) is 0.628. The number of rotatable bonds is 2. The minimum atomic E-state index is 0.628. The van der Waals surface area contributed by atoms with Gasteiger partial charge in [0.2, 0.25) is 0 Å². The highest BCUT2D eigenvalue weighted by Gasteiger charge is 2.08. The van der Waals surface area contributed by atoms with E-state index in [9.17, 15) is 0 Å². The Bertz CT molecular complexity index is 473. The van der Waals surface area contributed by atoms with Crippen LogP contribution in [0.25, 0.3) is 5.69 Å². The van der Waals surface area contributed by atoms with Crippen molar-refractivity contribution in [3.05, 3.63) is 35.5 Å². The van der Waals surface area contributed by atoms with Crippen LogP contribution < -0.4 is 5.73 Å². The van der Waals surface area contributed by atoms with Crippen molar-refractivity contribution >= 4 is 5.82 Å². The molecule has 0 saturated heterocycles. The van der Waals surface area contributed by atoms with E-state index in [4.69, 9.17) is 5.73 Å². The van der Waals surface area contributed by atoms with E-state index in [0.29, 0.717) is 5.82 Å². The van der Waals surface area contributed by atoms with Gasteiger partial charge in [0.1, 0.15) is 5.69 Å². The third kappa shape index (κ3) is 1.70. The summed E-state index contributed by atoms with van der Waals surface area (Å²) in [6, 6.07) is 8.02. The van der Waals surface area contributed by atoms with Crippen molar-refractivity contribution in [2.24, 2.45) is 0 Å². The molecule has 0 aliphatic heterocycles. The van der Waals surface area contributed by atoms with Crippen LogP contribution in [-0.4, -0.2) is 15.0 Å². The molecule has 2 aromatic rings. The smallest absolute Gasteiger partial charge is 0.151 e. The van der Waals surface area contributed by atoms with E-state index in [-0.39, 0.29) is 0 Å². The average molecular weight is 202 g/mol. The van der Waals surface area contributed by atoms with Crippen LogP contribution in [0.2, 0.25) is 0 Å². The van der Waals surface area contributed by atoms with E-state index in [0.717, 1.165) is 17.8 Å². The monoisotopic (exact) mass is 202 g/mol. The van der Waals surface area contributed by atoms with Gasteiger partial charge in [-0.05, 0) is 31.0 Å². The summed E-state index contributed by atoms with van der Waals surface area (Å²) in [5.41, 5.74) is 8.92. The Kier molecular flexibility index (Phi) is 2.41. The van der Waals surface area contributed by atoms with Crippen molar-refractivity contribution in [3.8, 4) is 5.69 Å². The lowest BCUT2D eigenvalue weighted by Gasteiger charge is -2.03. The fourth-order valence-electron chi connectivity index (χ4n) is 1.52. The zero-order valence-corrected chi connectivity index (χ0v) is 8.94. The molecule has 1 aromatic carbocycles. The van der Waals surface area contributed by atoms with Crippen LogP contribution >= 0.6 is 0 Å². The van der Waals surface area contributed by atoms with Gasteiger partial charge < -0.3 is 5.73 Å². The Hall–Kier alpha value is -1.84. The number of aryl methyl sites for hydroxylation is 2. The minimum absolute atomic E-state index is 0.628. The van der Waals surface area contributed by atoms with Gasteiger partial charge in [0.05, 0.1) is 5.69 Å². The van der Waals surface area contributed by atoms with Crippen LogP contribution in [0, 0.1) is 6.92 Å². The lowest BCUT2D eigenvalue weighted by Crippen LogP contribution is -2.02. The molecular formula is C11H14N4. The number of aromatic nitrogens is 3. The van der Waals surface area contributed by atoms with Gasteiger partial charge in [-0.3, -0.25) is 0 Å². The van der Waals surface area contributed by atoms with Crippen molar-refractivity contribution in [2.45, 2.75) is 20.3 Å². The number of hydrogen-bond donors (Lipinski definition) is 1. The van der Waals surface area contributed by atoms with Gasteiger partial charge in [-0.1, -0.05) is 24.3 Å². The predicted molar refractivity (Wildman–Crippen MR) is 59.9 cm³/mol. The molecule has 2 N–H and O–H groups in total. The van der Waals surface area contributed by atoms with Gasteiger partial charge in [-0.15, -0.1) is 5.10 Å². The Balaban J connectivity index is 2.49. The predicted octanol–water partition coefficient (Wildman–Crippen LogP) is 1.72. The third-order valence-electron chi connectivity index (χ3n) is 2.36. The lowest BCUT2D eigenvalue weighted by molar-refractivity contribution is 0.802. The standard InChI is InChI=1S/C11H14N4/c1-3-10-11(12)15(14-13-10)9-6-4-5-8(2)7-9/h4-7H,3,12H2,1-2H3. The molecule has 2 rings (SSSR count). The highest BCUT2D eigenvalue weighted by atomic mass is 15.4. The Morgan fingerprint density at radius 3 is 2.80 bits per heavy atom. The zero-order chi connectivity index (χ0) is 10.8. The van der Waals surface area contributed by atoms with Crippen LogP contribution in [0.1, 0.15) is 18.2 Å². The van der Waals surface area contributed by atoms with Crippen LogP contribution in [-0.2, 0) is 6.42 Å². The first-order valence-corrected chi connectivity index (χ1v) is 4.99. The van der Waals surface area contributed by atoms with Crippen molar-refractivity contribution in [1.82, 2.24) is 15.0 Å². The molecule has 0 aliphatic rings. The molecule has 0 fully saturated rings. The molecule has 0 amide bonds. The van der Waals surface area contributed by atoms with Gasteiger partial charge in [-0.25, -0.2) is 0 Å². The number of hydrogen-bond acceptors (Lipinski definition) is 3. The Morgan fingerprint density at radius 1 is 1.40 bits per heavy atom. The van der Waals surface area contributed by atoms with Crippen molar-refractivity contribution in [1.29, 1.82) is 0 Å². The topological polar surface area (TPSA) is 56.7 Å². The Labute approximate surface area is 88.7 Å². The molecule has 0 saturated carbocycles. The third-order valence-corrected chi connectivity index (χ3v) is 2.36. The molecule has 1 aromatic heterocycles. The van der Waals surface area contributed by atoms with E-state index in [2.05, 4.69) is 10.3 Å². The number of nitrogen functional groups attached to an aromatic ring is 1. The summed E-state index contributed by atoms with van der Waals surface area (Å²) < 4.78 is 1.67. The number of anilines is 1. The van der Waals surface area contributed by atoms with Gasteiger partial charge >= 0.3 is 0 Å². The van der Waals surface area contributed by atoms with Gasteiger partial charge in [0, 0.05) is 0 Å². The van der Waals surface area contributed by atoms with Crippen molar-refractivity contribution in [2.75, 3.05) is 5.73 Å². The van der Waals surface area contributed by atoms with E-state index >= 15 is 0 Å². The van der Waals surface area contributed by atoms with Crippen LogP contribution in [0.3, 0.4) is 0 Å². The molecule has 78 valence electrons. The molecular weight excluding hydrogens is 188 g/mol. The fraction of sp³-hybridized carbons (Fsp3) is 0.273. The second-order valence-corrected chi connectivity index (χ2v) is 3.53. The van der Waals surface area contributed by atoms with Gasteiger partial charge in [-0.2, -0.15) is 4.68 Å². The van der Waals surface area contributed by atoms with Crippen molar-refractivity contribution < 1.29 is 0 Å². The fourth-order valence-corrected chi connectivity index (χ4v) is 1.52. The largest absolute Gasteiger partial charge is 0.382 e. The zero-order valence-electron chi connectivity index (χ0n) is 8.94. The van der Waals surface area contributed by atoms with E-state index in [1.54, 1.807) is 4.68 Å². The normalized spacial score (nSPS) is 10.5. The first-order chi connectivity index (χ1) is 7.22. The van der Waals surface area contributed by atoms with Crippen molar-refractivity contribution in [3.63, 3.8) is 0 Å². The molecule has 15 heavy (non-hydrogen) atoms. The maximum Gasteiger partial charge on any atom is 0.151 e. The van der Waals surface area contributed by atoms with Crippen LogP contribution in [0.5, 0.6) is 0 Å². The molecule has 0 radical (unpaired) electrons. The number of benzene rings is 1. The van der Waals surface area contributed by atoms with Crippen LogP contribution in [0.15, 0.2) is 24.3 Å². The summed E-state index contributed by atoms with van der Waals surface area (Å²) in [4.78, 5) is 0. The first kappa shape index (κ1) is 9.71. The molecule has 0 spiro atoms. The number of nitrogens with two attached hydrogens (primary N) is 1. The van der Waals surface area contributed by atoms with E-state index < -0.39 is 0 Å². The van der Waals surface area contributed by atoms with Crippen LogP contribution in [0.4, 0.5) is 5.82 Å². The average Bonchev–Trinajstić information content (AvgIpc) is 2.59. The van der Waals surface area contributed by atoms with E-state index in [1.807, 2.05) is 38.1 Å². The van der Waals surface area contributed by atoms with E-state index in [1.165, 1.54) is 5.56 Å². The lowest BCUT2D eigenvalue weighted by atomic mass is 10.2. The quantitative estimate of drug-likeness (QED) is 0.806. The second-order valence-electron chi connectivity index (χ2n) is 3.53. The van der Waals surface area contributed by atoms with Gasteiger partial charge in [0.15, 0.2) is 5.82 Å². The molecule has 4 nitrogen and oxygen atoms in total. The molecule has 0 bridgehead atoms. The Morgan fingerprint density at radius 2 is 2.20 bits per heavy atom. The summed E-state index contributed by atoms with van der Waals surface area (Å²) in [6.45, 7) is 4.05. The van der Waals surface area contributed by atoms with Gasteiger partial charge in [0.25, 0.3) is 0 Å². The first-order valence-electron chi connectivity index (χ1n) is 4.99.